The van der Waals surface area contributed by atoms with E-state index in [0.29, 0.717) is 6.61 Å². The summed E-state index contributed by atoms with van der Waals surface area (Å²) in [7, 11) is 0. The first-order chi connectivity index (χ1) is 9.60. The summed E-state index contributed by atoms with van der Waals surface area (Å²) < 4.78 is 6.50. The first-order valence-corrected chi connectivity index (χ1v) is 8.49. The highest BCUT2D eigenvalue weighted by Gasteiger charge is 2.11. The minimum Gasteiger partial charge on any atom is -0.493 e. The fourth-order valence-corrected chi connectivity index (χ4v) is 3.36. The summed E-state index contributed by atoms with van der Waals surface area (Å²) in [6, 6.07) is 14.1. The molecule has 0 saturated heterocycles. The van der Waals surface area contributed by atoms with E-state index in [2.05, 4.69) is 50.1 Å². The fourth-order valence-electron chi connectivity index (χ4n) is 1.97. The molecular formula is C16H15Br2ClO. The summed E-state index contributed by atoms with van der Waals surface area (Å²) in [5.74, 6) is 0.874. The molecule has 0 aromatic heterocycles. The van der Waals surface area contributed by atoms with Crippen LogP contribution in [0.25, 0.3) is 0 Å². The third kappa shape index (κ3) is 4.24. The van der Waals surface area contributed by atoms with Crippen molar-refractivity contribution in [1.29, 1.82) is 0 Å². The van der Waals surface area contributed by atoms with Gasteiger partial charge in [0.15, 0.2) is 0 Å². The van der Waals surface area contributed by atoms with Crippen LogP contribution in [-0.2, 0) is 6.42 Å². The monoisotopic (exact) mass is 416 g/mol. The number of halogens is 3. The largest absolute Gasteiger partial charge is 0.493 e. The number of benzene rings is 2. The standard InChI is InChI=1S/C16H15Br2ClO/c1-2-20-16-7-6-12(10-15(16)18)14(17)9-11-4-3-5-13(19)8-11/h3-8,10,14H,2,9H2,1H3. The average molecular weight is 419 g/mol. The predicted octanol–water partition coefficient (Wildman–Crippen LogP) is 6.18. The van der Waals surface area contributed by atoms with Crippen molar-refractivity contribution >= 4 is 43.5 Å². The Morgan fingerprint density at radius 2 is 2.00 bits per heavy atom. The normalized spacial score (nSPS) is 12.2. The lowest BCUT2D eigenvalue weighted by molar-refractivity contribution is 0.338. The van der Waals surface area contributed by atoms with Gasteiger partial charge in [0.25, 0.3) is 0 Å². The third-order valence-corrected chi connectivity index (χ3v) is 4.63. The lowest BCUT2D eigenvalue weighted by Crippen LogP contribution is -1.97. The van der Waals surface area contributed by atoms with Gasteiger partial charge in [-0.25, -0.2) is 0 Å². The zero-order valence-corrected chi connectivity index (χ0v) is 15.0. The van der Waals surface area contributed by atoms with Gasteiger partial charge in [-0.3, -0.25) is 0 Å². The summed E-state index contributed by atoms with van der Waals surface area (Å²) >= 11 is 13.3. The molecule has 20 heavy (non-hydrogen) atoms. The zero-order valence-electron chi connectivity index (χ0n) is 11.1. The first kappa shape index (κ1) is 15.9. The smallest absolute Gasteiger partial charge is 0.133 e. The van der Waals surface area contributed by atoms with E-state index in [1.807, 2.05) is 31.2 Å². The Hall–Kier alpha value is -0.510. The number of alkyl halides is 1. The molecule has 2 rings (SSSR count). The van der Waals surface area contributed by atoms with E-state index in [9.17, 15) is 0 Å². The van der Waals surface area contributed by atoms with Crippen LogP contribution in [0.2, 0.25) is 5.02 Å². The fraction of sp³-hybridized carbons (Fsp3) is 0.250. The van der Waals surface area contributed by atoms with Crippen LogP contribution < -0.4 is 4.74 Å². The molecule has 0 fully saturated rings. The molecule has 1 atom stereocenters. The Bertz CT molecular complexity index is 586. The summed E-state index contributed by atoms with van der Waals surface area (Å²) in [5.41, 5.74) is 2.42. The van der Waals surface area contributed by atoms with Crippen LogP contribution in [-0.4, -0.2) is 6.61 Å². The van der Waals surface area contributed by atoms with Crippen LogP contribution in [0.4, 0.5) is 0 Å². The van der Waals surface area contributed by atoms with E-state index >= 15 is 0 Å². The average Bonchev–Trinajstić information content (AvgIpc) is 2.41. The molecule has 0 aliphatic heterocycles. The molecule has 2 aromatic carbocycles. The van der Waals surface area contributed by atoms with E-state index in [1.54, 1.807) is 0 Å². The van der Waals surface area contributed by atoms with E-state index in [1.165, 1.54) is 11.1 Å². The van der Waals surface area contributed by atoms with Gasteiger partial charge in [-0.2, -0.15) is 0 Å². The van der Waals surface area contributed by atoms with E-state index < -0.39 is 0 Å². The molecular weight excluding hydrogens is 403 g/mol. The van der Waals surface area contributed by atoms with Crippen LogP contribution in [0.3, 0.4) is 0 Å². The highest BCUT2D eigenvalue weighted by Crippen LogP contribution is 2.33. The topological polar surface area (TPSA) is 9.23 Å². The van der Waals surface area contributed by atoms with Gasteiger partial charge in [-0.15, -0.1) is 0 Å². The molecule has 0 aliphatic rings. The van der Waals surface area contributed by atoms with Crippen LogP contribution in [0.1, 0.15) is 22.9 Å². The Kier molecular flexibility index (Phi) is 5.94. The second-order valence-corrected chi connectivity index (χ2v) is 6.82. The number of hydrogen-bond donors (Lipinski definition) is 0. The highest BCUT2D eigenvalue weighted by molar-refractivity contribution is 9.10. The van der Waals surface area contributed by atoms with Crippen molar-refractivity contribution in [3.8, 4) is 5.75 Å². The maximum Gasteiger partial charge on any atom is 0.133 e. The Labute approximate surface area is 141 Å². The molecule has 0 saturated carbocycles. The van der Waals surface area contributed by atoms with Crippen molar-refractivity contribution in [1.82, 2.24) is 0 Å². The number of ether oxygens (including phenoxy) is 1. The van der Waals surface area contributed by atoms with E-state index in [0.717, 1.165) is 21.7 Å². The van der Waals surface area contributed by atoms with Gasteiger partial charge in [-0.1, -0.05) is 45.7 Å². The van der Waals surface area contributed by atoms with Crippen LogP contribution >= 0.6 is 43.5 Å². The molecule has 4 heteroatoms. The van der Waals surface area contributed by atoms with Gasteiger partial charge < -0.3 is 4.74 Å². The molecule has 0 spiro atoms. The van der Waals surface area contributed by atoms with Gasteiger partial charge in [0, 0.05) is 9.85 Å². The molecule has 0 heterocycles. The number of hydrogen-bond acceptors (Lipinski definition) is 1. The van der Waals surface area contributed by atoms with Crippen molar-refractivity contribution in [2.45, 2.75) is 18.2 Å². The van der Waals surface area contributed by atoms with Gasteiger partial charge in [0.1, 0.15) is 5.75 Å². The molecule has 0 aliphatic carbocycles. The number of rotatable bonds is 5. The molecule has 1 nitrogen and oxygen atoms in total. The molecule has 1 unspecified atom stereocenters. The first-order valence-electron chi connectivity index (χ1n) is 6.41. The maximum absolute atomic E-state index is 6.02. The highest BCUT2D eigenvalue weighted by atomic mass is 79.9. The summed E-state index contributed by atoms with van der Waals surface area (Å²) in [6.07, 6.45) is 0.890. The van der Waals surface area contributed by atoms with Crippen molar-refractivity contribution in [2.24, 2.45) is 0 Å². The second-order valence-electron chi connectivity index (χ2n) is 4.42. The Morgan fingerprint density at radius 1 is 1.20 bits per heavy atom. The second kappa shape index (κ2) is 7.48. The lowest BCUT2D eigenvalue weighted by Gasteiger charge is -2.13. The minimum atomic E-state index is 0.243. The van der Waals surface area contributed by atoms with Gasteiger partial charge >= 0.3 is 0 Å². The van der Waals surface area contributed by atoms with Crippen molar-refractivity contribution in [3.05, 3.63) is 63.1 Å². The van der Waals surface area contributed by atoms with Gasteiger partial charge in [0.05, 0.1) is 11.1 Å². The van der Waals surface area contributed by atoms with Gasteiger partial charge in [0.2, 0.25) is 0 Å². The molecule has 2 aromatic rings. The summed E-state index contributed by atoms with van der Waals surface area (Å²) in [4.78, 5) is 0.243. The van der Waals surface area contributed by atoms with Gasteiger partial charge in [-0.05, 0) is 64.7 Å². The predicted molar refractivity (Wildman–Crippen MR) is 92.1 cm³/mol. The molecule has 106 valence electrons. The van der Waals surface area contributed by atoms with E-state index in [-0.39, 0.29) is 4.83 Å². The maximum atomic E-state index is 6.02. The lowest BCUT2D eigenvalue weighted by atomic mass is 10.0. The molecule has 0 radical (unpaired) electrons. The molecule has 0 amide bonds. The quantitative estimate of drug-likeness (QED) is 0.527. The summed E-state index contributed by atoms with van der Waals surface area (Å²) in [6.45, 7) is 2.64. The van der Waals surface area contributed by atoms with Crippen molar-refractivity contribution in [3.63, 3.8) is 0 Å². The Balaban J connectivity index is 2.13. The third-order valence-electron chi connectivity index (χ3n) is 2.92. The zero-order chi connectivity index (χ0) is 14.5. The van der Waals surface area contributed by atoms with Crippen molar-refractivity contribution in [2.75, 3.05) is 6.61 Å². The van der Waals surface area contributed by atoms with Crippen LogP contribution in [0, 0.1) is 0 Å². The SMILES string of the molecule is CCOc1ccc(C(Br)Cc2cccc(Cl)c2)cc1Br. The molecule has 0 N–H and O–H groups in total. The van der Waals surface area contributed by atoms with Crippen LogP contribution in [0.15, 0.2) is 46.9 Å². The minimum absolute atomic E-state index is 0.243. The Morgan fingerprint density at radius 3 is 2.65 bits per heavy atom. The molecule has 0 bridgehead atoms. The summed E-state index contributed by atoms with van der Waals surface area (Å²) in [5, 5.41) is 0.773. The van der Waals surface area contributed by atoms with Crippen LogP contribution in [0.5, 0.6) is 5.75 Å². The van der Waals surface area contributed by atoms with E-state index in [4.69, 9.17) is 16.3 Å². The van der Waals surface area contributed by atoms with Crippen molar-refractivity contribution < 1.29 is 4.74 Å².